The Morgan fingerprint density at radius 2 is 2.15 bits per heavy atom. The van der Waals surface area contributed by atoms with Gasteiger partial charge in [-0.3, -0.25) is 0 Å². The van der Waals surface area contributed by atoms with Crippen molar-refractivity contribution in [2.75, 3.05) is 0 Å². The van der Waals surface area contributed by atoms with Crippen molar-refractivity contribution >= 4 is 54.4 Å². The number of halogens is 3. The first kappa shape index (κ1) is 9.56. The topological polar surface area (TPSA) is 13.1 Å². The molecule has 68 valence electrons. The van der Waals surface area contributed by atoms with Crippen LogP contribution in [0.25, 0.3) is 11.0 Å². The third-order valence-corrected chi connectivity index (χ3v) is 3.23. The summed E-state index contributed by atoms with van der Waals surface area (Å²) in [6.07, 6.45) is 1.74. The molecule has 0 fully saturated rings. The van der Waals surface area contributed by atoms with E-state index in [4.69, 9.17) is 16.0 Å². The largest absolute Gasteiger partial charge is 0.463 e. The fourth-order valence-electron chi connectivity index (χ4n) is 1.22. The molecule has 0 N–H and O–H groups in total. The van der Waals surface area contributed by atoms with Crippen molar-refractivity contribution in [3.63, 3.8) is 0 Å². The molecule has 0 atom stereocenters. The average Bonchev–Trinajstić information content (AvgIpc) is 2.47. The first-order valence-corrected chi connectivity index (χ1v) is 5.92. The van der Waals surface area contributed by atoms with E-state index in [-0.39, 0.29) is 0 Å². The van der Waals surface area contributed by atoms with Crippen LogP contribution in [0.2, 0.25) is 5.02 Å². The summed E-state index contributed by atoms with van der Waals surface area (Å²) < 4.78 is 6.28. The summed E-state index contributed by atoms with van der Waals surface area (Å²) in [6.45, 7) is 0. The molecule has 0 aliphatic heterocycles. The quantitative estimate of drug-likeness (QED) is 0.690. The monoisotopic (exact) mass is 322 g/mol. The zero-order chi connectivity index (χ0) is 9.42. The highest BCUT2D eigenvalue weighted by molar-refractivity contribution is 9.10. The Hall–Kier alpha value is 0.01000. The fourth-order valence-corrected chi connectivity index (χ4v) is 2.55. The first-order chi connectivity index (χ1) is 6.22. The summed E-state index contributed by atoms with van der Waals surface area (Å²) >= 11 is 12.7. The van der Waals surface area contributed by atoms with Gasteiger partial charge in [0, 0.05) is 21.3 Å². The fraction of sp³-hybridized carbons (Fsp3) is 0.111. The van der Waals surface area contributed by atoms with E-state index in [1.54, 1.807) is 6.26 Å². The van der Waals surface area contributed by atoms with Gasteiger partial charge in [-0.2, -0.15) is 0 Å². The Morgan fingerprint density at radius 1 is 1.38 bits per heavy atom. The average molecular weight is 324 g/mol. The van der Waals surface area contributed by atoms with Crippen LogP contribution in [-0.2, 0) is 5.33 Å². The predicted molar refractivity (Wildman–Crippen MR) is 61.6 cm³/mol. The van der Waals surface area contributed by atoms with E-state index in [1.165, 1.54) is 0 Å². The molecule has 0 radical (unpaired) electrons. The van der Waals surface area contributed by atoms with Crippen LogP contribution in [0.3, 0.4) is 0 Å². The standard InChI is InChI=1S/C9H5Br2ClO/c10-3-5-4-13-9-7(5)1-6(12)2-8(9)11/h1-2,4H,3H2. The lowest BCUT2D eigenvalue weighted by Crippen LogP contribution is -1.74. The van der Waals surface area contributed by atoms with Crippen molar-refractivity contribution in [3.8, 4) is 0 Å². The van der Waals surface area contributed by atoms with Gasteiger partial charge in [-0.15, -0.1) is 0 Å². The Kier molecular flexibility index (Phi) is 2.67. The van der Waals surface area contributed by atoms with Crippen LogP contribution >= 0.6 is 43.5 Å². The molecule has 0 saturated carbocycles. The molecule has 0 aliphatic rings. The molecule has 1 heterocycles. The van der Waals surface area contributed by atoms with Crippen LogP contribution < -0.4 is 0 Å². The van der Waals surface area contributed by atoms with Gasteiger partial charge in [0.1, 0.15) is 5.58 Å². The number of furan rings is 1. The minimum Gasteiger partial charge on any atom is -0.463 e. The molecule has 2 rings (SSSR count). The SMILES string of the molecule is Clc1cc(Br)c2occ(CBr)c2c1. The zero-order valence-corrected chi connectivity index (χ0v) is 10.4. The maximum Gasteiger partial charge on any atom is 0.148 e. The van der Waals surface area contributed by atoms with Gasteiger partial charge in [0.25, 0.3) is 0 Å². The third kappa shape index (κ3) is 1.65. The van der Waals surface area contributed by atoms with E-state index in [0.717, 1.165) is 26.3 Å². The van der Waals surface area contributed by atoms with Crippen LogP contribution in [0.1, 0.15) is 5.56 Å². The normalized spacial score (nSPS) is 11.0. The summed E-state index contributed by atoms with van der Waals surface area (Å²) in [7, 11) is 0. The van der Waals surface area contributed by atoms with Crippen molar-refractivity contribution in [2.45, 2.75) is 5.33 Å². The van der Waals surface area contributed by atoms with Crippen molar-refractivity contribution in [3.05, 3.63) is 33.5 Å². The molecular formula is C9H5Br2ClO. The molecule has 1 aromatic carbocycles. The molecule has 0 bridgehead atoms. The molecule has 0 aliphatic carbocycles. The van der Waals surface area contributed by atoms with E-state index in [9.17, 15) is 0 Å². The van der Waals surface area contributed by atoms with Gasteiger partial charge in [-0.05, 0) is 28.1 Å². The zero-order valence-electron chi connectivity index (χ0n) is 6.48. The Bertz CT molecular complexity index is 450. The molecular weight excluding hydrogens is 319 g/mol. The minimum absolute atomic E-state index is 0.711. The van der Waals surface area contributed by atoms with Crippen LogP contribution in [0.5, 0.6) is 0 Å². The second-order valence-electron chi connectivity index (χ2n) is 2.66. The third-order valence-electron chi connectivity index (χ3n) is 1.82. The molecule has 13 heavy (non-hydrogen) atoms. The molecule has 1 nitrogen and oxygen atoms in total. The van der Waals surface area contributed by atoms with Crippen LogP contribution in [-0.4, -0.2) is 0 Å². The van der Waals surface area contributed by atoms with Gasteiger partial charge < -0.3 is 4.42 Å². The van der Waals surface area contributed by atoms with Gasteiger partial charge in [0.05, 0.1) is 10.7 Å². The van der Waals surface area contributed by atoms with E-state index in [2.05, 4.69) is 31.9 Å². The lowest BCUT2D eigenvalue weighted by atomic mass is 10.2. The van der Waals surface area contributed by atoms with Gasteiger partial charge in [0.15, 0.2) is 0 Å². The molecule has 0 unspecified atom stereocenters. The summed E-state index contributed by atoms with van der Waals surface area (Å²) in [6, 6.07) is 3.73. The number of hydrogen-bond acceptors (Lipinski definition) is 1. The summed E-state index contributed by atoms with van der Waals surface area (Å²) in [5, 5.41) is 2.53. The summed E-state index contributed by atoms with van der Waals surface area (Å²) in [4.78, 5) is 0. The number of rotatable bonds is 1. The molecule has 0 saturated heterocycles. The number of hydrogen-bond donors (Lipinski definition) is 0. The molecule has 1 aromatic heterocycles. The lowest BCUT2D eigenvalue weighted by molar-refractivity contribution is 0.611. The molecule has 0 spiro atoms. The second-order valence-corrected chi connectivity index (χ2v) is 4.51. The highest BCUT2D eigenvalue weighted by atomic mass is 79.9. The smallest absolute Gasteiger partial charge is 0.148 e. The van der Waals surface area contributed by atoms with Gasteiger partial charge >= 0.3 is 0 Å². The summed E-state index contributed by atoms with van der Waals surface area (Å²) in [5.41, 5.74) is 1.96. The molecule has 4 heteroatoms. The van der Waals surface area contributed by atoms with Crippen LogP contribution in [0.4, 0.5) is 0 Å². The molecule has 0 amide bonds. The van der Waals surface area contributed by atoms with Gasteiger partial charge in [-0.25, -0.2) is 0 Å². The van der Waals surface area contributed by atoms with Crippen LogP contribution in [0, 0.1) is 0 Å². The molecule has 2 aromatic rings. The second kappa shape index (κ2) is 3.64. The van der Waals surface area contributed by atoms with Crippen molar-refractivity contribution < 1.29 is 4.42 Å². The van der Waals surface area contributed by atoms with E-state index >= 15 is 0 Å². The maximum absolute atomic E-state index is 5.92. The predicted octanol–water partition coefficient (Wildman–Crippen LogP) is 4.74. The Morgan fingerprint density at radius 3 is 2.85 bits per heavy atom. The highest BCUT2D eigenvalue weighted by Gasteiger charge is 2.08. The number of fused-ring (bicyclic) bond motifs is 1. The lowest BCUT2D eigenvalue weighted by Gasteiger charge is -1.95. The maximum atomic E-state index is 5.92. The van der Waals surface area contributed by atoms with Crippen molar-refractivity contribution in [1.82, 2.24) is 0 Å². The number of benzene rings is 1. The number of alkyl halides is 1. The van der Waals surface area contributed by atoms with E-state index in [0.29, 0.717) is 5.02 Å². The first-order valence-electron chi connectivity index (χ1n) is 3.63. The highest BCUT2D eigenvalue weighted by Crippen LogP contribution is 2.32. The van der Waals surface area contributed by atoms with E-state index < -0.39 is 0 Å². The Labute approximate surface area is 97.3 Å². The van der Waals surface area contributed by atoms with Crippen LogP contribution in [0.15, 0.2) is 27.3 Å². The van der Waals surface area contributed by atoms with Gasteiger partial charge in [0.2, 0.25) is 0 Å². The summed E-state index contributed by atoms with van der Waals surface area (Å²) in [5.74, 6) is 0. The van der Waals surface area contributed by atoms with Crippen molar-refractivity contribution in [2.24, 2.45) is 0 Å². The van der Waals surface area contributed by atoms with Gasteiger partial charge in [-0.1, -0.05) is 27.5 Å². The van der Waals surface area contributed by atoms with Crippen molar-refractivity contribution in [1.29, 1.82) is 0 Å². The van der Waals surface area contributed by atoms with E-state index in [1.807, 2.05) is 12.1 Å². The Balaban J connectivity index is 2.82. The minimum atomic E-state index is 0.711.